The quantitative estimate of drug-likeness (QED) is 0.186. The second kappa shape index (κ2) is 13.6. The van der Waals surface area contributed by atoms with Crippen LogP contribution in [0.3, 0.4) is 0 Å². The third-order valence-electron chi connectivity index (χ3n) is 7.40. The Labute approximate surface area is 251 Å². The maximum Gasteiger partial charge on any atom is 0.459 e. The van der Waals surface area contributed by atoms with E-state index in [0.29, 0.717) is 0 Å². The number of esters is 1. The molecule has 6 atom stereocenters. The summed E-state index contributed by atoms with van der Waals surface area (Å²) in [5.74, 6) is -1.58. The number of para-hydroxylation sites is 1. The molecular formula is C28H43FN3O9PSi. The van der Waals surface area contributed by atoms with Crippen LogP contribution in [0.5, 0.6) is 5.75 Å². The molecule has 1 fully saturated rings. The molecule has 1 aromatic heterocycles. The molecule has 1 aromatic carbocycles. The van der Waals surface area contributed by atoms with Crippen LogP contribution in [-0.4, -0.2) is 54.3 Å². The Bertz CT molecular complexity index is 1430. The Morgan fingerprint density at radius 2 is 1.79 bits per heavy atom. The van der Waals surface area contributed by atoms with E-state index in [4.69, 9.17) is 22.9 Å². The Morgan fingerprint density at radius 1 is 1.16 bits per heavy atom. The van der Waals surface area contributed by atoms with E-state index in [2.05, 4.69) is 25.9 Å². The number of H-pyrrole nitrogens is 1. The highest BCUT2D eigenvalue weighted by molar-refractivity contribution is 7.52. The molecule has 2 N–H and O–H groups in total. The van der Waals surface area contributed by atoms with Gasteiger partial charge in [0.05, 0.1) is 24.5 Å². The van der Waals surface area contributed by atoms with Crippen molar-refractivity contribution in [2.45, 2.75) is 110 Å². The number of rotatable bonds is 12. The molecule has 0 radical (unpaired) electrons. The maximum absolute atomic E-state index is 14.2. The fourth-order valence-corrected chi connectivity index (χ4v) is 7.23. The molecule has 2 heterocycles. The number of nitrogens with zero attached hydrogens (tertiary/aromatic N) is 1. The number of hydrogen-bond acceptors (Lipinski definition) is 9. The monoisotopic (exact) mass is 643 g/mol. The number of carbonyl (C=O) groups is 1. The van der Waals surface area contributed by atoms with Crippen molar-refractivity contribution in [1.82, 2.24) is 14.6 Å². The fourth-order valence-electron chi connectivity index (χ4n) is 4.20. The van der Waals surface area contributed by atoms with Crippen molar-refractivity contribution in [2.24, 2.45) is 0 Å². The Morgan fingerprint density at radius 3 is 2.37 bits per heavy atom. The van der Waals surface area contributed by atoms with Crippen molar-refractivity contribution >= 4 is 22.0 Å². The highest BCUT2D eigenvalue weighted by Crippen LogP contribution is 2.49. The molecule has 0 unspecified atom stereocenters. The molecule has 0 saturated carbocycles. The first-order valence-electron chi connectivity index (χ1n) is 14.2. The first-order valence-corrected chi connectivity index (χ1v) is 18.6. The molecule has 240 valence electrons. The normalized spacial score (nSPS) is 22.2. The second-order valence-corrected chi connectivity index (χ2v) is 18.8. The van der Waals surface area contributed by atoms with Gasteiger partial charge in [-0.1, -0.05) is 39.0 Å². The fraction of sp³-hybridized carbons (Fsp3) is 0.607. The number of ether oxygens (including phenoxy) is 2. The van der Waals surface area contributed by atoms with Crippen LogP contribution in [0.25, 0.3) is 0 Å². The van der Waals surface area contributed by atoms with Crippen molar-refractivity contribution in [3.8, 4) is 5.75 Å². The van der Waals surface area contributed by atoms with Gasteiger partial charge in [-0.3, -0.25) is 23.7 Å². The molecule has 0 spiro atoms. The van der Waals surface area contributed by atoms with E-state index in [9.17, 15) is 23.3 Å². The molecule has 0 aliphatic carbocycles. The van der Waals surface area contributed by atoms with Gasteiger partial charge in [-0.25, -0.2) is 9.36 Å². The van der Waals surface area contributed by atoms with Crippen LogP contribution in [0.2, 0.25) is 18.1 Å². The minimum Gasteiger partial charge on any atom is -0.462 e. The largest absolute Gasteiger partial charge is 0.462 e. The van der Waals surface area contributed by atoms with Crippen LogP contribution in [-0.2, 0) is 27.8 Å². The second-order valence-electron chi connectivity index (χ2n) is 12.4. The van der Waals surface area contributed by atoms with Crippen LogP contribution in [0.1, 0.15) is 61.1 Å². The Balaban J connectivity index is 1.96. The van der Waals surface area contributed by atoms with E-state index < -0.39 is 75.8 Å². The lowest BCUT2D eigenvalue weighted by atomic mass is 10.1. The number of aromatic nitrogens is 2. The SMILES string of the molecule is CC(C)OC(=O)[C@H](C)N[P@@](=O)(Oc1ccccc1)O[C@H](C)[C@H]1O[C@@H](n2cc(F)c(=O)[nH]c2=O)C[C@@H]1O[Si](C)(C)C(C)(C)C. The van der Waals surface area contributed by atoms with Gasteiger partial charge < -0.3 is 18.4 Å². The first-order chi connectivity index (χ1) is 19.8. The van der Waals surface area contributed by atoms with Gasteiger partial charge in [-0.05, 0) is 58.0 Å². The summed E-state index contributed by atoms with van der Waals surface area (Å²) < 4.78 is 59.3. The predicted octanol–water partition coefficient (Wildman–Crippen LogP) is 4.88. The number of aromatic amines is 1. The summed E-state index contributed by atoms with van der Waals surface area (Å²) >= 11 is 0. The smallest absolute Gasteiger partial charge is 0.459 e. The zero-order valence-corrected chi connectivity index (χ0v) is 28.0. The lowest BCUT2D eigenvalue weighted by Gasteiger charge is -2.40. The molecule has 2 aromatic rings. The number of carbonyl (C=O) groups excluding carboxylic acids is 1. The van der Waals surface area contributed by atoms with Gasteiger partial charge in [0.2, 0.25) is 5.82 Å². The summed E-state index contributed by atoms with van der Waals surface area (Å²) in [7, 11) is -6.71. The average molecular weight is 644 g/mol. The topological polar surface area (TPSA) is 147 Å². The molecule has 1 saturated heterocycles. The molecule has 0 bridgehead atoms. The number of benzene rings is 1. The number of hydrogen-bond donors (Lipinski definition) is 2. The Hall–Kier alpha value is -2.61. The van der Waals surface area contributed by atoms with Gasteiger partial charge in [0, 0.05) is 6.42 Å². The number of halogens is 1. The van der Waals surface area contributed by atoms with Gasteiger partial charge in [0.1, 0.15) is 24.1 Å². The van der Waals surface area contributed by atoms with Crippen molar-refractivity contribution < 1.29 is 36.7 Å². The lowest BCUT2D eigenvalue weighted by molar-refractivity contribution is -0.149. The molecule has 1 aliphatic rings. The molecule has 43 heavy (non-hydrogen) atoms. The highest BCUT2D eigenvalue weighted by Gasteiger charge is 2.49. The first kappa shape index (κ1) is 34.9. The summed E-state index contributed by atoms with van der Waals surface area (Å²) in [6.07, 6.45) is -3.08. The van der Waals surface area contributed by atoms with Crippen molar-refractivity contribution in [1.29, 1.82) is 0 Å². The standard InChI is InChI=1S/C28H43FN3O9PSi/c1-17(2)37-26(34)18(3)31-42(36,40-20-13-11-10-12-14-20)39-19(4)24-22(41-43(8,9)28(5,6)7)15-23(38-24)32-16-21(29)25(33)30-27(32)35/h10-14,16-19,22-24H,15H2,1-9H3,(H,31,36)(H,30,33,35)/t18-,19+,22-,23+,24+,42-/m0/s1. The van der Waals surface area contributed by atoms with Crippen LogP contribution in [0.15, 0.2) is 46.1 Å². The van der Waals surface area contributed by atoms with Gasteiger partial charge in [0.15, 0.2) is 8.32 Å². The van der Waals surface area contributed by atoms with Gasteiger partial charge in [-0.2, -0.15) is 9.48 Å². The van der Waals surface area contributed by atoms with E-state index >= 15 is 0 Å². The predicted molar refractivity (Wildman–Crippen MR) is 161 cm³/mol. The van der Waals surface area contributed by atoms with E-state index in [1.807, 2.05) is 18.1 Å². The van der Waals surface area contributed by atoms with E-state index in [0.717, 1.165) is 10.8 Å². The minimum absolute atomic E-state index is 0.116. The molecular weight excluding hydrogens is 600 g/mol. The highest BCUT2D eigenvalue weighted by atomic mass is 31.2. The van der Waals surface area contributed by atoms with Crippen molar-refractivity contribution in [2.75, 3.05) is 0 Å². The maximum atomic E-state index is 14.2. The van der Waals surface area contributed by atoms with E-state index in [1.54, 1.807) is 51.1 Å². The summed E-state index contributed by atoms with van der Waals surface area (Å²) in [6.45, 7) is 16.7. The molecule has 3 rings (SSSR count). The summed E-state index contributed by atoms with van der Waals surface area (Å²) in [6, 6.07) is 7.24. The van der Waals surface area contributed by atoms with Gasteiger partial charge in [-0.15, -0.1) is 0 Å². The molecule has 12 nitrogen and oxygen atoms in total. The lowest BCUT2D eigenvalue weighted by Crippen LogP contribution is -2.48. The summed E-state index contributed by atoms with van der Waals surface area (Å²) in [5, 5.41) is 2.46. The van der Waals surface area contributed by atoms with Crippen LogP contribution >= 0.6 is 7.75 Å². The van der Waals surface area contributed by atoms with Crippen LogP contribution < -0.4 is 20.9 Å². The zero-order valence-electron chi connectivity index (χ0n) is 26.1. The van der Waals surface area contributed by atoms with Gasteiger partial charge in [0.25, 0.3) is 5.56 Å². The molecule has 15 heteroatoms. The third kappa shape index (κ3) is 8.96. The zero-order chi connectivity index (χ0) is 32.3. The third-order valence-corrected chi connectivity index (χ3v) is 13.7. The van der Waals surface area contributed by atoms with E-state index in [1.165, 1.54) is 6.92 Å². The summed E-state index contributed by atoms with van der Waals surface area (Å²) in [4.78, 5) is 38.7. The van der Waals surface area contributed by atoms with Crippen LogP contribution in [0, 0.1) is 5.82 Å². The molecule has 1 aliphatic heterocycles. The molecule has 0 amide bonds. The number of nitrogens with one attached hydrogen (secondary N) is 2. The van der Waals surface area contributed by atoms with Crippen molar-refractivity contribution in [3.63, 3.8) is 0 Å². The minimum atomic E-state index is -4.28. The Kier molecular flexibility index (Phi) is 11.0. The summed E-state index contributed by atoms with van der Waals surface area (Å²) in [5.41, 5.74) is -1.99. The van der Waals surface area contributed by atoms with Crippen molar-refractivity contribution in [3.05, 3.63) is 63.2 Å². The van der Waals surface area contributed by atoms with E-state index in [-0.39, 0.29) is 17.2 Å². The van der Waals surface area contributed by atoms with Gasteiger partial charge >= 0.3 is 19.4 Å². The average Bonchev–Trinajstić information content (AvgIpc) is 3.28. The van der Waals surface area contributed by atoms with Crippen LogP contribution in [0.4, 0.5) is 4.39 Å².